The van der Waals surface area contributed by atoms with Gasteiger partial charge >= 0.3 is 0 Å². The summed E-state index contributed by atoms with van der Waals surface area (Å²) >= 11 is 0. The third-order valence-electron chi connectivity index (χ3n) is 6.40. The van der Waals surface area contributed by atoms with Gasteiger partial charge in [-0.2, -0.15) is 0 Å². The zero-order chi connectivity index (χ0) is 26.6. The van der Waals surface area contributed by atoms with Crippen molar-refractivity contribution in [3.8, 4) is 0 Å². The molecule has 1 aromatic carbocycles. The van der Waals surface area contributed by atoms with E-state index >= 15 is 0 Å². The zero-order valence-electron chi connectivity index (χ0n) is 21.4. The second kappa shape index (κ2) is 10.9. The number of ether oxygens (including phenoxy) is 4. The van der Waals surface area contributed by atoms with E-state index in [0.717, 1.165) is 27.8 Å². The quantitative estimate of drug-likeness (QED) is 0.415. The number of nitrogens with one attached hydrogen (secondary N) is 1. The predicted octanol–water partition coefficient (Wildman–Crippen LogP) is 4.70. The van der Waals surface area contributed by atoms with Gasteiger partial charge in [-0.1, -0.05) is 12.1 Å². The molecule has 37 heavy (non-hydrogen) atoms. The molecule has 0 unspecified atom stereocenters. The minimum Gasteiger partial charge on any atom is -0.495 e. The Bertz CT molecular complexity index is 1330. The number of nitrogens with zero attached hydrogens (tertiary/aromatic N) is 1. The van der Waals surface area contributed by atoms with E-state index in [4.69, 9.17) is 18.9 Å². The summed E-state index contributed by atoms with van der Waals surface area (Å²) in [6.45, 7) is 2.24. The first-order valence-electron chi connectivity index (χ1n) is 11.6. The lowest BCUT2D eigenvalue weighted by atomic mass is 9.96. The number of aromatic nitrogens is 1. The maximum Gasteiger partial charge on any atom is 0.287 e. The molecule has 0 spiro atoms. The van der Waals surface area contributed by atoms with E-state index in [-0.39, 0.29) is 11.7 Å². The third kappa shape index (κ3) is 4.98. The molecule has 0 bridgehead atoms. The summed E-state index contributed by atoms with van der Waals surface area (Å²) in [5, 5.41) is 2.87. The van der Waals surface area contributed by atoms with Crippen LogP contribution in [0.5, 0.6) is 0 Å². The van der Waals surface area contributed by atoms with Crippen molar-refractivity contribution >= 4 is 17.1 Å². The van der Waals surface area contributed by atoms with Crippen LogP contribution >= 0.6 is 0 Å². The van der Waals surface area contributed by atoms with Gasteiger partial charge in [-0.25, -0.2) is 4.39 Å². The van der Waals surface area contributed by atoms with E-state index in [2.05, 4.69) is 10.3 Å². The number of allylic oxidation sites excluding steroid dienone is 7. The van der Waals surface area contributed by atoms with Crippen molar-refractivity contribution in [2.75, 3.05) is 28.4 Å². The fraction of sp³-hybridized carbons (Fsp3) is 0.241. The minimum absolute atomic E-state index is 0.284. The summed E-state index contributed by atoms with van der Waals surface area (Å²) in [6.07, 6.45) is 10.4. The second-order valence-electron chi connectivity index (χ2n) is 8.46. The van der Waals surface area contributed by atoms with Crippen LogP contribution < -0.4 is 5.32 Å². The fourth-order valence-electron chi connectivity index (χ4n) is 4.55. The summed E-state index contributed by atoms with van der Waals surface area (Å²) in [7, 11) is 6.06. The van der Waals surface area contributed by atoms with Crippen LogP contribution in [0.15, 0.2) is 89.7 Å². The number of hydrogen-bond acceptors (Lipinski definition) is 6. The first-order valence-corrected chi connectivity index (χ1v) is 11.6. The van der Waals surface area contributed by atoms with E-state index in [1.54, 1.807) is 30.6 Å². The molecule has 2 aliphatic carbocycles. The van der Waals surface area contributed by atoms with Crippen molar-refractivity contribution < 1.29 is 28.1 Å². The van der Waals surface area contributed by atoms with Gasteiger partial charge in [-0.3, -0.25) is 9.78 Å². The summed E-state index contributed by atoms with van der Waals surface area (Å²) in [4.78, 5) is 16.9. The molecule has 1 amide bonds. The van der Waals surface area contributed by atoms with Crippen LogP contribution in [0, 0.1) is 5.82 Å². The second-order valence-corrected chi connectivity index (χ2v) is 8.46. The Morgan fingerprint density at radius 3 is 2.35 bits per heavy atom. The van der Waals surface area contributed by atoms with E-state index in [1.165, 1.54) is 46.6 Å². The monoisotopic (exact) mass is 504 g/mol. The van der Waals surface area contributed by atoms with Gasteiger partial charge in [0.25, 0.3) is 5.79 Å². The van der Waals surface area contributed by atoms with Gasteiger partial charge in [0, 0.05) is 39.2 Å². The van der Waals surface area contributed by atoms with Crippen LogP contribution in [0.3, 0.4) is 0 Å². The first kappa shape index (κ1) is 26.1. The number of halogens is 1. The van der Waals surface area contributed by atoms with Crippen molar-refractivity contribution in [2.24, 2.45) is 0 Å². The van der Waals surface area contributed by atoms with E-state index in [0.29, 0.717) is 29.2 Å². The van der Waals surface area contributed by atoms with E-state index in [9.17, 15) is 9.18 Å². The van der Waals surface area contributed by atoms with Crippen LogP contribution in [0.4, 0.5) is 4.39 Å². The van der Waals surface area contributed by atoms with Gasteiger partial charge in [0.1, 0.15) is 5.82 Å². The number of carbonyl (C=O) groups excluding carboxylic acids is 1. The molecule has 0 saturated heterocycles. The SMILES string of the molecule is COC1=CC(=CC2=C(C)/C(=C\C(=O)NCc3cccnc3)c3cc(F)ccc32)C=C(OC)C1(OC)OC. The zero-order valence-corrected chi connectivity index (χ0v) is 21.4. The van der Waals surface area contributed by atoms with Gasteiger partial charge < -0.3 is 24.3 Å². The highest BCUT2D eigenvalue weighted by Gasteiger charge is 2.44. The number of fused-ring (bicyclic) bond motifs is 1. The molecule has 0 aliphatic heterocycles. The Morgan fingerprint density at radius 1 is 1.05 bits per heavy atom. The van der Waals surface area contributed by atoms with Crippen molar-refractivity contribution in [1.82, 2.24) is 10.3 Å². The molecule has 0 fully saturated rings. The Hall–Kier alpha value is -4.01. The standard InChI is InChI=1S/C29H29FN2O5/c1-18-23(11-20-12-26(34-2)29(36-4,37-5)27(13-20)35-3)22-9-8-21(30)14-25(22)24(18)15-28(33)32-17-19-7-6-10-31-16-19/h6-16H,17H2,1-5H3,(H,32,33)/b24-15+. The summed E-state index contributed by atoms with van der Waals surface area (Å²) in [5.74, 6) is -1.16. The smallest absolute Gasteiger partial charge is 0.287 e. The van der Waals surface area contributed by atoms with E-state index in [1.807, 2.05) is 25.1 Å². The number of benzene rings is 1. The maximum absolute atomic E-state index is 14.3. The number of carbonyl (C=O) groups is 1. The van der Waals surface area contributed by atoms with Crippen LogP contribution in [-0.2, 0) is 30.3 Å². The van der Waals surface area contributed by atoms with Gasteiger partial charge in [0.2, 0.25) is 5.91 Å². The number of rotatable bonds is 8. The fourth-order valence-corrected chi connectivity index (χ4v) is 4.55. The topological polar surface area (TPSA) is 78.9 Å². The molecule has 192 valence electrons. The van der Waals surface area contributed by atoms with Crippen LogP contribution in [0.25, 0.3) is 11.1 Å². The highest BCUT2D eigenvalue weighted by molar-refractivity contribution is 6.08. The van der Waals surface area contributed by atoms with Crippen LogP contribution in [-0.4, -0.2) is 45.1 Å². The molecule has 0 saturated carbocycles. The highest BCUT2D eigenvalue weighted by Crippen LogP contribution is 2.44. The number of amides is 1. The summed E-state index contributed by atoms with van der Waals surface area (Å²) < 4.78 is 36.6. The summed E-state index contributed by atoms with van der Waals surface area (Å²) in [5.41, 5.74) is 5.42. The Morgan fingerprint density at radius 2 is 1.76 bits per heavy atom. The third-order valence-corrected chi connectivity index (χ3v) is 6.40. The van der Waals surface area contributed by atoms with Crippen molar-refractivity contribution in [3.63, 3.8) is 0 Å². The van der Waals surface area contributed by atoms with Crippen molar-refractivity contribution in [2.45, 2.75) is 19.3 Å². The molecule has 7 nitrogen and oxygen atoms in total. The van der Waals surface area contributed by atoms with Gasteiger partial charge in [-0.15, -0.1) is 0 Å². The normalized spacial score (nSPS) is 17.2. The Balaban J connectivity index is 1.74. The summed E-state index contributed by atoms with van der Waals surface area (Å²) in [6, 6.07) is 8.26. The maximum atomic E-state index is 14.3. The number of hydrogen-bond donors (Lipinski definition) is 1. The average molecular weight is 505 g/mol. The molecule has 0 atom stereocenters. The molecule has 2 aliphatic rings. The predicted molar refractivity (Wildman–Crippen MR) is 138 cm³/mol. The van der Waals surface area contributed by atoms with Gasteiger partial charge in [0.05, 0.1) is 14.2 Å². The van der Waals surface area contributed by atoms with Crippen LogP contribution in [0.2, 0.25) is 0 Å². The van der Waals surface area contributed by atoms with E-state index < -0.39 is 5.79 Å². The number of pyridine rings is 1. The highest BCUT2D eigenvalue weighted by atomic mass is 19.1. The van der Waals surface area contributed by atoms with Crippen molar-refractivity contribution in [3.05, 3.63) is 112 Å². The molecule has 2 aromatic rings. The molecular weight excluding hydrogens is 475 g/mol. The lowest BCUT2D eigenvalue weighted by Crippen LogP contribution is -2.41. The van der Waals surface area contributed by atoms with Gasteiger partial charge in [-0.05, 0) is 82.3 Å². The largest absolute Gasteiger partial charge is 0.495 e. The molecule has 8 heteroatoms. The first-order chi connectivity index (χ1) is 17.9. The van der Waals surface area contributed by atoms with Gasteiger partial charge in [0.15, 0.2) is 11.5 Å². The molecule has 0 radical (unpaired) electrons. The molecule has 4 rings (SSSR count). The molecule has 1 aromatic heterocycles. The molecule has 1 N–H and O–H groups in total. The lowest BCUT2D eigenvalue weighted by molar-refractivity contribution is -0.195. The average Bonchev–Trinajstić information content (AvgIpc) is 3.16. The Labute approximate surface area is 215 Å². The molecular formula is C29H29FN2O5. The number of methoxy groups -OCH3 is 4. The minimum atomic E-state index is -1.31. The molecule has 1 heterocycles. The Kier molecular flexibility index (Phi) is 7.71. The van der Waals surface area contributed by atoms with Crippen LogP contribution in [0.1, 0.15) is 23.6 Å². The lowest BCUT2D eigenvalue weighted by Gasteiger charge is -2.35. The van der Waals surface area contributed by atoms with Crippen molar-refractivity contribution in [1.29, 1.82) is 0 Å².